The highest BCUT2D eigenvalue weighted by Gasteiger charge is 2.09. The highest BCUT2D eigenvalue weighted by molar-refractivity contribution is 7.13. The number of rotatable bonds is 7. The molecule has 3 aromatic rings. The van der Waals surface area contributed by atoms with Crippen LogP contribution in [0, 0.1) is 0 Å². The molecule has 5 nitrogen and oxygen atoms in total. The lowest BCUT2D eigenvalue weighted by atomic mass is 10.2. The van der Waals surface area contributed by atoms with Gasteiger partial charge in [0.05, 0.1) is 11.5 Å². The van der Waals surface area contributed by atoms with Gasteiger partial charge in [-0.05, 0) is 23.1 Å². The van der Waals surface area contributed by atoms with Crippen LogP contribution in [0.1, 0.15) is 11.3 Å². The first kappa shape index (κ1) is 16.7. The van der Waals surface area contributed by atoms with Gasteiger partial charge in [0.2, 0.25) is 5.91 Å². The molecule has 24 heavy (non-hydrogen) atoms. The highest BCUT2D eigenvalue weighted by Crippen LogP contribution is 2.25. The third-order valence-electron chi connectivity index (χ3n) is 3.24. The van der Waals surface area contributed by atoms with Crippen LogP contribution in [-0.4, -0.2) is 17.7 Å². The lowest BCUT2D eigenvalue weighted by Crippen LogP contribution is -2.27. The fraction of sp³-hybridized carbons (Fsp3) is 0.176. The first-order chi connectivity index (χ1) is 11.7. The van der Waals surface area contributed by atoms with Crippen molar-refractivity contribution in [2.24, 2.45) is 0 Å². The minimum Gasteiger partial charge on any atom is -0.365 e. The molecular formula is C17H15ClN2O3S. The van der Waals surface area contributed by atoms with E-state index in [0.717, 1.165) is 10.4 Å². The molecule has 1 amide bonds. The fourth-order valence-electron chi connectivity index (χ4n) is 2.05. The molecule has 124 valence electrons. The molecule has 7 heteroatoms. The predicted octanol–water partition coefficient (Wildman–Crippen LogP) is 3.89. The van der Waals surface area contributed by atoms with Crippen LogP contribution in [-0.2, 0) is 22.7 Å². The summed E-state index contributed by atoms with van der Waals surface area (Å²) < 4.78 is 10.6. The molecule has 0 bridgehead atoms. The van der Waals surface area contributed by atoms with Crippen LogP contribution in [0.25, 0.3) is 10.6 Å². The summed E-state index contributed by atoms with van der Waals surface area (Å²) in [4.78, 5) is 12.8. The van der Waals surface area contributed by atoms with Crippen molar-refractivity contribution in [2.75, 3.05) is 6.61 Å². The zero-order chi connectivity index (χ0) is 16.8. The third-order valence-corrected chi connectivity index (χ3v) is 4.49. The van der Waals surface area contributed by atoms with Crippen LogP contribution in [0.4, 0.5) is 0 Å². The molecule has 0 fully saturated rings. The van der Waals surface area contributed by atoms with E-state index in [0.29, 0.717) is 23.0 Å². The number of hydrogen-bond donors (Lipinski definition) is 1. The molecule has 0 radical (unpaired) electrons. The summed E-state index contributed by atoms with van der Waals surface area (Å²) in [6.07, 6.45) is 0. The minimum atomic E-state index is -0.211. The van der Waals surface area contributed by atoms with E-state index in [-0.39, 0.29) is 19.1 Å². The quantitative estimate of drug-likeness (QED) is 0.692. The van der Waals surface area contributed by atoms with Crippen molar-refractivity contribution in [1.82, 2.24) is 10.5 Å². The van der Waals surface area contributed by atoms with E-state index in [1.807, 2.05) is 41.8 Å². The van der Waals surface area contributed by atoms with E-state index >= 15 is 0 Å². The maximum absolute atomic E-state index is 11.8. The van der Waals surface area contributed by atoms with E-state index in [9.17, 15) is 4.79 Å². The maximum Gasteiger partial charge on any atom is 0.246 e. The molecule has 0 aliphatic heterocycles. The Morgan fingerprint density at radius 3 is 2.96 bits per heavy atom. The second-order valence-corrected chi connectivity index (χ2v) is 6.38. The normalized spacial score (nSPS) is 10.7. The summed E-state index contributed by atoms with van der Waals surface area (Å²) in [5, 5.41) is 9.29. The number of nitrogens with zero attached hydrogens (tertiary/aromatic N) is 1. The second kappa shape index (κ2) is 8.10. The summed E-state index contributed by atoms with van der Waals surface area (Å²) in [6, 6.07) is 13.1. The molecule has 0 spiro atoms. The van der Waals surface area contributed by atoms with Gasteiger partial charge in [-0.2, -0.15) is 0 Å². The molecule has 1 N–H and O–H groups in total. The number of hydrogen-bond acceptors (Lipinski definition) is 5. The summed E-state index contributed by atoms with van der Waals surface area (Å²) in [5.74, 6) is 0.490. The number of nitrogens with one attached hydrogen (secondary N) is 1. The Morgan fingerprint density at radius 2 is 2.17 bits per heavy atom. The Hall–Kier alpha value is -2.15. The zero-order valence-electron chi connectivity index (χ0n) is 12.7. The van der Waals surface area contributed by atoms with Gasteiger partial charge in [0, 0.05) is 17.6 Å². The van der Waals surface area contributed by atoms with E-state index in [1.165, 1.54) is 0 Å². The summed E-state index contributed by atoms with van der Waals surface area (Å²) >= 11 is 7.61. The second-order valence-electron chi connectivity index (χ2n) is 5.02. The van der Waals surface area contributed by atoms with Gasteiger partial charge in [-0.25, -0.2) is 0 Å². The van der Waals surface area contributed by atoms with E-state index in [2.05, 4.69) is 10.5 Å². The Bertz CT molecular complexity index is 802. The van der Waals surface area contributed by atoms with Crippen LogP contribution in [0.3, 0.4) is 0 Å². The van der Waals surface area contributed by atoms with Crippen molar-refractivity contribution in [3.05, 3.63) is 64.1 Å². The SMILES string of the molecule is O=C(COCc1cc(-c2cccs2)on1)NCc1ccccc1Cl. The van der Waals surface area contributed by atoms with Gasteiger partial charge >= 0.3 is 0 Å². The number of ether oxygens (including phenoxy) is 1. The van der Waals surface area contributed by atoms with Crippen LogP contribution < -0.4 is 5.32 Å². The van der Waals surface area contributed by atoms with E-state index in [4.69, 9.17) is 20.9 Å². The number of benzene rings is 1. The lowest BCUT2D eigenvalue weighted by molar-refractivity contribution is -0.126. The van der Waals surface area contributed by atoms with E-state index < -0.39 is 0 Å². The molecule has 0 saturated carbocycles. The van der Waals surface area contributed by atoms with E-state index in [1.54, 1.807) is 17.4 Å². The summed E-state index contributed by atoms with van der Waals surface area (Å²) in [6.45, 7) is 0.536. The molecular weight excluding hydrogens is 348 g/mol. The maximum atomic E-state index is 11.8. The first-order valence-electron chi connectivity index (χ1n) is 7.29. The topological polar surface area (TPSA) is 64.4 Å². The van der Waals surface area contributed by atoms with Crippen LogP contribution in [0.15, 0.2) is 52.4 Å². The van der Waals surface area contributed by atoms with Crippen molar-refractivity contribution >= 4 is 28.8 Å². The van der Waals surface area contributed by atoms with Gasteiger partial charge in [-0.15, -0.1) is 11.3 Å². The Labute approximate surface area is 148 Å². The highest BCUT2D eigenvalue weighted by atomic mass is 35.5. The molecule has 0 unspecified atom stereocenters. The molecule has 0 aliphatic carbocycles. The minimum absolute atomic E-state index is 0.0500. The summed E-state index contributed by atoms with van der Waals surface area (Å²) in [7, 11) is 0. The molecule has 0 saturated heterocycles. The van der Waals surface area contributed by atoms with Crippen molar-refractivity contribution in [3.63, 3.8) is 0 Å². The molecule has 0 aliphatic rings. The van der Waals surface area contributed by atoms with Gasteiger partial charge in [0.25, 0.3) is 0 Å². The van der Waals surface area contributed by atoms with Crippen LogP contribution >= 0.6 is 22.9 Å². The van der Waals surface area contributed by atoms with Gasteiger partial charge in [0.15, 0.2) is 5.76 Å². The van der Waals surface area contributed by atoms with Crippen LogP contribution in [0.5, 0.6) is 0 Å². The van der Waals surface area contributed by atoms with Crippen molar-refractivity contribution in [1.29, 1.82) is 0 Å². The third kappa shape index (κ3) is 4.44. The molecule has 0 atom stereocenters. The monoisotopic (exact) mass is 362 g/mol. The van der Waals surface area contributed by atoms with Gasteiger partial charge in [0.1, 0.15) is 12.3 Å². The molecule has 1 aromatic carbocycles. The average molecular weight is 363 g/mol. The standard InChI is InChI=1S/C17H15ClN2O3S/c18-14-5-2-1-4-12(14)9-19-17(21)11-22-10-13-8-15(23-20-13)16-6-3-7-24-16/h1-8H,9-11H2,(H,19,21). The van der Waals surface area contributed by atoms with Gasteiger partial charge in [-0.1, -0.05) is 41.0 Å². The zero-order valence-corrected chi connectivity index (χ0v) is 14.3. The number of halogens is 1. The Balaban J connectivity index is 1.41. The smallest absolute Gasteiger partial charge is 0.246 e. The largest absolute Gasteiger partial charge is 0.365 e. The number of thiophene rings is 1. The number of amides is 1. The number of carbonyl (C=O) groups excluding carboxylic acids is 1. The number of carbonyl (C=O) groups is 1. The van der Waals surface area contributed by atoms with Gasteiger partial charge < -0.3 is 14.6 Å². The number of aromatic nitrogens is 1. The molecule has 3 rings (SSSR count). The Morgan fingerprint density at radius 1 is 1.29 bits per heavy atom. The predicted molar refractivity (Wildman–Crippen MR) is 92.8 cm³/mol. The van der Waals surface area contributed by atoms with Crippen molar-refractivity contribution in [3.8, 4) is 10.6 Å². The van der Waals surface area contributed by atoms with Crippen molar-refractivity contribution < 1.29 is 14.1 Å². The average Bonchev–Trinajstić information content (AvgIpc) is 3.25. The van der Waals surface area contributed by atoms with Gasteiger partial charge in [-0.3, -0.25) is 4.79 Å². The van der Waals surface area contributed by atoms with Crippen LogP contribution in [0.2, 0.25) is 5.02 Å². The lowest BCUT2D eigenvalue weighted by Gasteiger charge is -2.06. The Kier molecular flexibility index (Phi) is 5.63. The molecule has 2 heterocycles. The fourth-order valence-corrected chi connectivity index (χ4v) is 2.93. The molecule has 2 aromatic heterocycles. The van der Waals surface area contributed by atoms with Crippen molar-refractivity contribution in [2.45, 2.75) is 13.2 Å². The summed E-state index contributed by atoms with van der Waals surface area (Å²) in [5.41, 5.74) is 1.52. The first-order valence-corrected chi connectivity index (χ1v) is 8.55.